The molecule has 0 saturated carbocycles. The molecule has 176 valence electrons. The fraction of sp³-hybridized carbons (Fsp3) is 0.318. The molecule has 11 heteroatoms. The number of rotatable bonds is 4. The van der Waals surface area contributed by atoms with Gasteiger partial charge >= 0.3 is 12.1 Å². The topological polar surface area (TPSA) is 96.8 Å². The Morgan fingerprint density at radius 3 is 2.36 bits per heavy atom. The summed E-state index contributed by atoms with van der Waals surface area (Å²) in [7, 11) is 3.27. The summed E-state index contributed by atoms with van der Waals surface area (Å²) >= 11 is 0. The third-order valence-corrected chi connectivity index (χ3v) is 5.04. The molecule has 1 aliphatic heterocycles. The highest BCUT2D eigenvalue weighted by Gasteiger charge is 2.38. The van der Waals surface area contributed by atoms with Crippen LogP contribution in [-0.4, -0.2) is 61.1 Å². The van der Waals surface area contributed by atoms with Gasteiger partial charge in [-0.2, -0.15) is 13.2 Å². The number of carboxylic acids is 1. The van der Waals surface area contributed by atoms with Gasteiger partial charge in [0.2, 0.25) is 0 Å². The molecule has 1 fully saturated rings. The van der Waals surface area contributed by atoms with Gasteiger partial charge in [-0.05, 0) is 11.6 Å². The third kappa shape index (κ3) is 5.80. The maximum absolute atomic E-state index is 10.6. The number of nitrogens with zero attached hydrogens (tertiary/aromatic N) is 3. The smallest absolute Gasteiger partial charge is 0.490 e. The minimum absolute atomic E-state index is 0.273. The molecule has 0 bridgehead atoms. The Morgan fingerprint density at radius 1 is 1.12 bits per heavy atom. The van der Waals surface area contributed by atoms with Crippen LogP contribution in [0.1, 0.15) is 11.6 Å². The van der Waals surface area contributed by atoms with Gasteiger partial charge in [-0.25, -0.2) is 14.8 Å². The van der Waals surface area contributed by atoms with Crippen molar-refractivity contribution in [3.63, 3.8) is 0 Å². The van der Waals surface area contributed by atoms with Crippen molar-refractivity contribution in [2.75, 3.05) is 38.8 Å². The van der Waals surface area contributed by atoms with E-state index in [9.17, 15) is 13.2 Å². The van der Waals surface area contributed by atoms with Crippen LogP contribution in [-0.2, 0) is 4.79 Å². The van der Waals surface area contributed by atoms with E-state index in [4.69, 9.17) is 19.4 Å². The van der Waals surface area contributed by atoms with Gasteiger partial charge in [0, 0.05) is 37.1 Å². The molecular formula is C22H23F3N4O4. The quantitative estimate of drug-likeness (QED) is 0.606. The molecule has 0 amide bonds. The van der Waals surface area contributed by atoms with Gasteiger partial charge in [-0.1, -0.05) is 30.3 Å². The van der Waals surface area contributed by atoms with Crippen LogP contribution in [0, 0.1) is 0 Å². The predicted molar refractivity (Wildman–Crippen MR) is 116 cm³/mol. The number of carboxylic acid groups (broad SMARTS) is 1. The molecule has 3 aromatic rings. The number of halogens is 3. The van der Waals surface area contributed by atoms with Crippen LogP contribution in [0.25, 0.3) is 10.9 Å². The minimum Gasteiger partial charge on any atom is -0.493 e. The monoisotopic (exact) mass is 464 g/mol. The van der Waals surface area contributed by atoms with Gasteiger partial charge < -0.3 is 24.8 Å². The Bertz CT molecular complexity index is 1100. The zero-order valence-corrected chi connectivity index (χ0v) is 18.0. The molecule has 2 N–H and O–H groups in total. The zero-order chi connectivity index (χ0) is 24.0. The Morgan fingerprint density at radius 2 is 1.76 bits per heavy atom. The largest absolute Gasteiger partial charge is 0.493 e. The molecule has 8 nitrogen and oxygen atoms in total. The second kappa shape index (κ2) is 10.3. The number of aromatic nitrogens is 2. The van der Waals surface area contributed by atoms with Gasteiger partial charge in [-0.15, -0.1) is 0 Å². The summed E-state index contributed by atoms with van der Waals surface area (Å²) in [6, 6.07) is 14.6. The van der Waals surface area contributed by atoms with Crippen molar-refractivity contribution in [2.24, 2.45) is 0 Å². The first-order valence-corrected chi connectivity index (χ1v) is 9.94. The number of benzene rings is 2. The van der Waals surface area contributed by atoms with E-state index in [1.807, 2.05) is 18.2 Å². The maximum Gasteiger partial charge on any atom is 0.490 e. The van der Waals surface area contributed by atoms with Crippen LogP contribution >= 0.6 is 0 Å². The highest BCUT2D eigenvalue weighted by molar-refractivity contribution is 5.92. The Kier molecular flexibility index (Phi) is 7.54. The highest BCUT2D eigenvalue weighted by Crippen LogP contribution is 2.35. The third-order valence-electron chi connectivity index (χ3n) is 5.04. The number of carbonyl (C=O) groups is 1. The van der Waals surface area contributed by atoms with Crippen molar-refractivity contribution in [3.05, 3.63) is 54.4 Å². The molecule has 2 heterocycles. The molecule has 1 aromatic heterocycles. The van der Waals surface area contributed by atoms with E-state index >= 15 is 0 Å². The number of hydrogen-bond acceptors (Lipinski definition) is 7. The number of alkyl halides is 3. The van der Waals surface area contributed by atoms with Crippen LogP contribution < -0.4 is 19.7 Å². The summed E-state index contributed by atoms with van der Waals surface area (Å²) in [6.45, 7) is 2.65. The summed E-state index contributed by atoms with van der Waals surface area (Å²) in [5, 5.41) is 11.7. The van der Waals surface area contributed by atoms with E-state index in [-0.39, 0.29) is 6.04 Å². The molecular weight excluding hydrogens is 441 g/mol. The minimum atomic E-state index is -5.08. The van der Waals surface area contributed by atoms with E-state index in [1.54, 1.807) is 20.5 Å². The normalized spacial score (nSPS) is 16.0. The molecule has 0 aliphatic carbocycles. The summed E-state index contributed by atoms with van der Waals surface area (Å²) in [6.07, 6.45) is -3.47. The van der Waals surface area contributed by atoms with Crippen molar-refractivity contribution in [1.29, 1.82) is 0 Å². The number of fused-ring (bicyclic) bond motifs is 1. The van der Waals surface area contributed by atoms with Crippen molar-refractivity contribution in [3.8, 4) is 11.5 Å². The van der Waals surface area contributed by atoms with Gasteiger partial charge in [0.1, 0.15) is 12.1 Å². The van der Waals surface area contributed by atoms with Gasteiger partial charge in [0.05, 0.1) is 19.7 Å². The summed E-state index contributed by atoms with van der Waals surface area (Å²) in [5.74, 6) is -0.469. The van der Waals surface area contributed by atoms with Crippen molar-refractivity contribution in [2.45, 2.75) is 12.2 Å². The number of hydrogen-bond donors (Lipinski definition) is 2. The van der Waals surface area contributed by atoms with E-state index in [1.165, 1.54) is 5.56 Å². The van der Waals surface area contributed by atoms with Crippen LogP contribution in [0.2, 0.25) is 0 Å². The molecule has 1 saturated heterocycles. The standard InChI is InChI=1S/C20H22N4O2.C2HF3O2/c1-25-18-10-15-16(11-19(18)26-2)22-13-23-20(15)24-9-8-21-17(12-24)14-6-4-3-5-7-14;3-2(4,5)1(6)7/h3-7,10-11,13,17,21H,8-9,12H2,1-2H3;(H,6,7). The van der Waals surface area contributed by atoms with Crippen LogP contribution in [0.3, 0.4) is 0 Å². The van der Waals surface area contributed by atoms with E-state index in [0.717, 1.165) is 36.4 Å². The number of methoxy groups -OCH3 is 2. The number of ether oxygens (including phenoxy) is 2. The first kappa shape index (κ1) is 24.1. The molecule has 0 radical (unpaired) electrons. The molecule has 1 aliphatic rings. The molecule has 1 unspecified atom stereocenters. The molecule has 0 spiro atoms. The Labute approximate surface area is 188 Å². The lowest BCUT2D eigenvalue weighted by Crippen LogP contribution is -2.46. The average Bonchev–Trinajstić information content (AvgIpc) is 2.83. The van der Waals surface area contributed by atoms with Gasteiger partial charge in [0.15, 0.2) is 11.5 Å². The lowest BCUT2D eigenvalue weighted by atomic mass is 10.0. The summed E-state index contributed by atoms with van der Waals surface area (Å²) in [5.41, 5.74) is 2.14. The molecule has 1 atom stereocenters. The first-order valence-electron chi connectivity index (χ1n) is 9.94. The number of aliphatic carboxylic acids is 1. The fourth-order valence-corrected chi connectivity index (χ4v) is 3.47. The maximum atomic E-state index is 10.6. The number of nitrogens with one attached hydrogen (secondary N) is 1. The van der Waals surface area contributed by atoms with E-state index in [0.29, 0.717) is 11.5 Å². The van der Waals surface area contributed by atoms with Crippen LogP contribution in [0.4, 0.5) is 19.0 Å². The first-order chi connectivity index (χ1) is 15.7. The van der Waals surface area contributed by atoms with Gasteiger partial charge in [-0.3, -0.25) is 0 Å². The van der Waals surface area contributed by atoms with Crippen LogP contribution in [0.5, 0.6) is 11.5 Å². The average molecular weight is 464 g/mol. The summed E-state index contributed by atoms with van der Waals surface area (Å²) < 4.78 is 42.6. The Hall–Kier alpha value is -3.60. The SMILES string of the molecule is COc1cc2ncnc(N3CCNC(c4ccccc4)C3)c2cc1OC.O=C(O)C(F)(F)F. The molecule has 33 heavy (non-hydrogen) atoms. The highest BCUT2D eigenvalue weighted by atomic mass is 19.4. The van der Waals surface area contributed by atoms with Crippen LogP contribution in [0.15, 0.2) is 48.8 Å². The zero-order valence-electron chi connectivity index (χ0n) is 18.0. The Balaban J connectivity index is 0.000000383. The molecule has 4 rings (SSSR count). The number of anilines is 1. The fourth-order valence-electron chi connectivity index (χ4n) is 3.47. The number of piperazine rings is 1. The van der Waals surface area contributed by atoms with Crippen molar-refractivity contribution < 1.29 is 32.5 Å². The lowest BCUT2D eigenvalue weighted by Gasteiger charge is -2.35. The summed E-state index contributed by atoms with van der Waals surface area (Å²) in [4.78, 5) is 20.2. The predicted octanol–water partition coefficient (Wildman–Crippen LogP) is 3.43. The van der Waals surface area contributed by atoms with E-state index in [2.05, 4.69) is 44.5 Å². The second-order valence-electron chi connectivity index (χ2n) is 7.09. The lowest BCUT2D eigenvalue weighted by molar-refractivity contribution is -0.192. The molecule has 2 aromatic carbocycles. The van der Waals surface area contributed by atoms with Gasteiger partial charge in [0.25, 0.3) is 0 Å². The second-order valence-corrected chi connectivity index (χ2v) is 7.09. The van der Waals surface area contributed by atoms with E-state index < -0.39 is 12.1 Å². The van der Waals surface area contributed by atoms with Crippen molar-refractivity contribution >= 4 is 22.7 Å². The van der Waals surface area contributed by atoms with Crippen molar-refractivity contribution in [1.82, 2.24) is 15.3 Å².